The number of aromatic nitrogens is 4. The third-order valence-electron chi connectivity index (χ3n) is 10.4. The molecule has 0 amide bonds. The molecule has 54 heavy (non-hydrogen) atoms. The molecular formula is C49H30N4S. The van der Waals surface area contributed by atoms with Crippen LogP contribution in [-0.4, -0.2) is 19.5 Å². The van der Waals surface area contributed by atoms with Crippen LogP contribution in [-0.2, 0) is 0 Å². The molecule has 4 heterocycles. The zero-order chi connectivity index (χ0) is 35.6. The molecule has 0 atom stereocenters. The number of pyridine rings is 2. The highest BCUT2D eigenvalue weighted by Crippen LogP contribution is 2.42. The van der Waals surface area contributed by atoms with Crippen LogP contribution in [0.15, 0.2) is 182 Å². The van der Waals surface area contributed by atoms with Crippen LogP contribution < -0.4 is 0 Å². The van der Waals surface area contributed by atoms with Gasteiger partial charge in [0.15, 0.2) is 0 Å². The second kappa shape index (κ2) is 12.3. The van der Waals surface area contributed by atoms with Gasteiger partial charge in [-0.2, -0.15) is 0 Å². The number of para-hydroxylation sites is 3. The molecule has 0 bridgehead atoms. The van der Waals surface area contributed by atoms with E-state index in [2.05, 4.69) is 168 Å². The van der Waals surface area contributed by atoms with E-state index in [4.69, 9.17) is 15.0 Å². The maximum atomic E-state index is 5.28. The second-order valence-corrected chi connectivity index (χ2v) is 14.7. The van der Waals surface area contributed by atoms with Crippen LogP contribution in [0.4, 0.5) is 0 Å². The Morgan fingerprint density at radius 3 is 1.81 bits per heavy atom. The molecular weight excluding hydrogens is 677 g/mol. The fourth-order valence-electron chi connectivity index (χ4n) is 7.78. The number of nitrogens with zero attached hydrogens (tertiary/aromatic N) is 4. The van der Waals surface area contributed by atoms with Crippen LogP contribution in [0.3, 0.4) is 0 Å². The van der Waals surface area contributed by atoms with E-state index >= 15 is 0 Å². The topological polar surface area (TPSA) is 43.6 Å². The molecule has 0 saturated carbocycles. The molecule has 0 radical (unpaired) electrons. The molecule has 0 aliphatic heterocycles. The van der Waals surface area contributed by atoms with Crippen LogP contribution in [0.1, 0.15) is 0 Å². The first-order valence-corrected chi connectivity index (χ1v) is 18.9. The lowest BCUT2D eigenvalue weighted by Gasteiger charge is -2.11. The molecule has 0 aliphatic rings. The van der Waals surface area contributed by atoms with Gasteiger partial charge in [-0.25, -0.2) is 15.0 Å². The first-order chi connectivity index (χ1) is 26.7. The zero-order valence-electron chi connectivity index (χ0n) is 29.0. The summed E-state index contributed by atoms with van der Waals surface area (Å²) in [6, 6.07) is 64.3. The molecule has 5 heteroatoms. The quantitative estimate of drug-likeness (QED) is 0.167. The fraction of sp³-hybridized carbons (Fsp3) is 0. The van der Waals surface area contributed by atoms with Crippen molar-refractivity contribution in [2.45, 2.75) is 0 Å². The van der Waals surface area contributed by atoms with Gasteiger partial charge in [0.1, 0.15) is 5.82 Å². The van der Waals surface area contributed by atoms with Gasteiger partial charge in [-0.3, -0.25) is 4.57 Å². The Bertz CT molecular complexity index is 3200. The summed E-state index contributed by atoms with van der Waals surface area (Å²) in [5.74, 6) is 0.930. The van der Waals surface area contributed by atoms with E-state index < -0.39 is 0 Å². The van der Waals surface area contributed by atoms with Crippen molar-refractivity contribution in [2.24, 2.45) is 0 Å². The number of rotatable bonds is 5. The number of benzene rings is 7. The number of hydrogen-bond acceptors (Lipinski definition) is 4. The van der Waals surface area contributed by atoms with Gasteiger partial charge in [-0.15, -0.1) is 11.3 Å². The highest BCUT2D eigenvalue weighted by atomic mass is 32.1. The van der Waals surface area contributed by atoms with Crippen molar-refractivity contribution < 1.29 is 0 Å². The van der Waals surface area contributed by atoms with Crippen LogP contribution in [0.25, 0.3) is 104 Å². The maximum absolute atomic E-state index is 5.28. The summed E-state index contributed by atoms with van der Waals surface area (Å²) >= 11 is 1.84. The summed E-state index contributed by atoms with van der Waals surface area (Å²) in [6.45, 7) is 0. The van der Waals surface area contributed by atoms with E-state index in [9.17, 15) is 0 Å². The molecule has 252 valence electrons. The minimum Gasteiger partial charge on any atom is -0.292 e. The first kappa shape index (κ1) is 30.7. The molecule has 11 aromatic rings. The fourth-order valence-corrected chi connectivity index (χ4v) is 8.89. The van der Waals surface area contributed by atoms with Crippen molar-refractivity contribution >= 4 is 64.3 Å². The number of thiophene rings is 1. The number of fused-ring (bicyclic) bond motifs is 7. The Hall–Kier alpha value is -6.95. The number of imidazole rings is 1. The van der Waals surface area contributed by atoms with Gasteiger partial charge in [0, 0.05) is 53.3 Å². The molecule has 0 spiro atoms. The van der Waals surface area contributed by atoms with Gasteiger partial charge >= 0.3 is 0 Å². The minimum atomic E-state index is 0.916. The van der Waals surface area contributed by atoms with Crippen molar-refractivity contribution in [1.29, 1.82) is 0 Å². The molecule has 0 fully saturated rings. The van der Waals surface area contributed by atoms with Crippen molar-refractivity contribution in [3.8, 4) is 50.7 Å². The monoisotopic (exact) mass is 706 g/mol. The largest absolute Gasteiger partial charge is 0.292 e. The molecule has 0 aliphatic carbocycles. The Balaban J connectivity index is 1.02. The van der Waals surface area contributed by atoms with Crippen LogP contribution in [0.2, 0.25) is 0 Å². The summed E-state index contributed by atoms with van der Waals surface area (Å²) in [5.41, 5.74) is 12.5. The van der Waals surface area contributed by atoms with Crippen molar-refractivity contribution in [2.75, 3.05) is 0 Å². The predicted molar refractivity (Wildman–Crippen MR) is 226 cm³/mol. The van der Waals surface area contributed by atoms with Gasteiger partial charge in [0.05, 0.1) is 33.5 Å². The first-order valence-electron chi connectivity index (χ1n) is 18.1. The standard InChI is InChI=1S/C49H30N4S/c1-3-10-32(11-4-1)40-27-24-33-20-21-34-25-28-41(51-48(34)47(33)50-40)36-26-29-44-39(30-36)46-38(14-9-17-45(46)54-44)31-18-22-35(23-19-31)49-52-42-15-7-8-16-43(42)53(49)37-12-5-2-6-13-37/h1-30H. The van der Waals surface area contributed by atoms with E-state index in [1.54, 1.807) is 0 Å². The van der Waals surface area contributed by atoms with E-state index in [1.165, 1.54) is 31.3 Å². The van der Waals surface area contributed by atoms with E-state index in [0.29, 0.717) is 0 Å². The normalized spacial score (nSPS) is 11.7. The van der Waals surface area contributed by atoms with E-state index in [-0.39, 0.29) is 0 Å². The Kier molecular flexibility index (Phi) is 7.00. The lowest BCUT2D eigenvalue weighted by atomic mass is 9.97. The molecule has 0 N–H and O–H groups in total. The highest BCUT2D eigenvalue weighted by molar-refractivity contribution is 7.26. The summed E-state index contributed by atoms with van der Waals surface area (Å²) < 4.78 is 4.78. The summed E-state index contributed by atoms with van der Waals surface area (Å²) in [6.07, 6.45) is 0. The lowest BCUT2D eigenvalue weighted by Crippen LogP contribution is -1.97. The molecule has 0 unspecified atom stereocenters. The molecule has 4 nitrogen and oxygen atoms in total. The van der Waals surface area contributed by atoms with Gasteiger partial charge in [0.2, 0.25) is 0 Å². The van der Waals surface area contributed by atoms with Crippen LogP contribution in [0.5, 0.6) is 0 Å². The highest BCUT2D eigenvalue weighted by Gasteiger charge is 2.17. The third-order valence-corrected chi connectivity index (χ3v) is 11.5. The van der Waals surface area contributed by atoms with Crippen LogP contribution in [0, 0.1) is 0 Å². The molecule has 4 aromatic heterocycles. The summed E-state index contributed by atoms with van der Waals surface area (Å²) in [7, 11) is 0. The van der Waals surface area contributed by atoms with E-state index in [1.807, 2.05) is 29.5 Å². The third kappa shape index (κ3) is 5.01. The second-order valence-electron chi connectivity index (χ2n) is 13.6. The average Bonchev–Trinajstić information content (AvgIpc) is 3.83. The zero-order valence-corrected chi connectivity index (χ0v) is 29.8. The lowest BCUT2D eigenvalue weighted by molar-refractivity contribution is 1.10. The minimum absolute atomic E-state index is 0.916. The average molecular weight is 707 g/mol. The maximum Gasteiger partial charge on any atom is 0.145 e. The van der Waals surface area contributed by atoms with Gasteiger partial charge in [-0.1, -0.05) is 127 Å². The molecule has 11 rings (SSSR count). The SMILES string of the molecule is c1ccc(-c2ccc3ccc4ccc(-c5ccc6sc7cccc(-c8ccc(-c9nc%10ccccc%10n9-c9ccccc9)cc8)c7c6c5)nc4c3n2)cc1. The summed E-state index contributed by atoms with van der Waals surface area (Å²) in [5, 5.41) is 4.67. The van der Waals surface area contributed by atoms with Crippen LogP contribution >= 0.6 is 11.3 Å². The van der Waals surface area contributed by atoms with E-state index in [0.717, 1.165) is 72.4 Å². The molecule has 7 aromatic carbocycles. The number of hydrogen-bond donors (Lipinski definition) is 0. The predicted octanol–water partition coefficient (Wildman–Crippen LogP) is 13.2. The molecule has 0 saturated heterocycles. The van der Waals surface area contributed by atoms with Crippen molar-refractivity contribution in [3.63, 3.8) is 0 Å². The smallest absolute Gasteiger partial charge is 0.145 e. The van der Waals surface area contributed by atoms with Gasteiger partial charge in [0.25, 0.3) is 0 Å². The van der Waals surface area contributed by atoms with Crippen molar-refractivity contribution in [3.05, 3.63) is 182 Å². The Morgan fingerprint density at radius 2 is 1.06 bits per heavy atom. The van der Waals surface area contributed by atoms with Gasteiger partial charge in [-0.05, 0) is 65.7 Å². The Labute approximate surface area is 315 Å². The summed E-state index contributed by atoms with van der Waals surface area (Å²) in [4.78, 5) is 15.5. The Morgan fingerprint density at radius 1 is 0.426 bits per heavy atom. The van der Waals surface area contributed by atoms with Gasteiger partial charge < -0.3 is 0 Å². The van der Waals surface area contributed by atoms with Crippen molar-refractivity contribution in [1.82, 2.24) is 19.5 Å².